The lowest BCUT2D eigenvalue weighted by molar-refractivity contribution is -0.384. The molecule has 0 aliphatic heterocycles. The summed E-state index contributed by atoms with van der Waals surface area (Å²) in [4.78, 5) is 22.4. The predicted octanol–water partition coefficient (Wildman–Crippen LogP) is 3.72. The molecule has 2 aromatic rings. The first-order chi connectivity index (χ1) is 12.0. The van der Waals surface area contributed by atoms with Crippen molar-refractivity contribution in [2.24, 2.45) is 0 Å². The Morgan fingerprint density at radius 1 is 1.16 bits per heavy atom. The second-order valence-electron chi connectivity index (χ2n) is 5.37. The van der Waals surface area contributed by atoms with Crippen molar-refractivity contribution in [3.63, 3.8) is 0 Å². The molecule has 2 aromatic carbocycles. The number of rotatable bonds is 7. The lowest BCUT2D eigenvalue weighted by Crippen LogP contribution is -2.39. The van der Waals surface area contributed by atoms with Crippen LogP contribution in [0.25, 0.3) is 0 Å². The molecule has 0 aliphatic rings. The van der Waals surface area contributed by atoms with Crippen LogP contribution in [0, 0.1) is 10.1 Å². The van der Waals surface area contributed by atoms with Gasteiger partial charge in [-0.05, 0) is 30.7 Å². The van der Waals surface area contributed by atoms with E-state index in [0.717, 1.165) is 5.56 Å². The Morgan fingerprint density at radius 2 is 1.84 bits per heavy atom. The number of para-hydroxylation sites is 2. The SMILES string of the molecule is C[C@H](NC(=O)NCCNc1ccccc1[N+](=O)[O-])c1ccc(Cl)cc1. The van der Waals surface area contributed by atoms with Crippen molar-refractivity contribution in [3.05, 3.63) is 69.2 Å². The summed E-state index contributed by atoms with van der Waals surface area (Å²) in [5.74, 6) is 0. The molecular weight excluding hydrogens is 344 g/mol. The van der Waals surface area contributed by atoms with Crippen LogP contribution in [0.3, 0.4) is 0 Å². The summed E-state index contributed by atoms with van der Waals surface area (Å²) >= 11 is 5.84. The number of nitrogens with zero attached hydrogens (tertiary/aromatic N) is 1. The third-order valence-corrected chi connectivity index (χ3v) is 3.80. The van der Waals surface area contributed by atoms with Crippen molar-refractivity contribution in [3.8, 4) is 0 Å². The number of amides is 2. The molecule has 8 heteroatoms. The minimum atomic E-state index is -0.448. The molecule has 25 heavy (non-hydrogen) atoms. The van der Waals surface area contributed by atoms with Crippen molar-refractivity contribution in [2.45, 2.75) is 13.0 Å². The number of benzene rings is 2. The van der Waals surface area contributed by atoms with Crippen molar-refractivity contribution >= 4 is 29.0 Å². The van der Waals surface area contributed by atoms with Gasteiger partial charge in [0.05, 0.1) is 11.0 Å². The third-order valence-electron chi connectivity index (χ3n) is 3.54. The Morgan fingerprint density at radius 3 is 2.52 bits per heavy atom. The molecule has 2 rings (SSSR count). The van der Waals surface area contributed by atoms with Gasteiger partial charge in [0.1, 0.15) is 5.69 Å². The van der Waals surface area contributed by atoms with E-state index in [1.54, 1.807) is 30.3 Å². The topological polar surface area (TPSA) is 96.3 Å². The van der Waals surface area contributed by atoms with Gasteiger partial charge in [-0.1, -0.05) is 35.9 Å². The highest BCUT2D eigenvalue weighted by Crippen LogP contribution is 2.22. The van der Waals surface area contributed by atoms with E-state index < -0.39 is 4.92 Å². The van der Waals surface area contributed by atoms with Gasteiger partial charge in [-0.3, -0.25) is 10.1 Å². The van der Waals surface area contributed by atoms with Crippen LogP contribution in [0.1, 0.15) is 18.5 Å². The fourth-order valence-corrected chi connectivity index (χ4v) is 2.36. The standard InChI is InChI=1S/C17H19ClN4O3/c1-12(13-6-8-14(18)9-7-13)21-17(23)20-11-10-19-15-4-2-3-5-16(15)22(24)25/h2-9,12,19H,10-11H2,1H3,(H2,20,21,23)/t12-/m0/s1. The number of halogens is 1. The molecule has 0 bridgehead atoms. The largest absolute Gasteiger partial charge is 0.378 e. The van der Waals surface area contributed by atoms with E-state index in [4.69, 9.17) is 11.6 Å². The molecule has 0 fully saturated rings. The highest BCUT2D eigenvalue weighted by Gasteiger charge is 2.12. The fourth-order valence-electron chi connectivity index (χ4n) is 2.24. The van der Waals surface area contributed by atoms with Gasteiger partial charge < -0.3 is 16.0 Å². The van der Waals surface area contributed by atoms with Gasteiger partial charge in [0.25, 0.3) is 5.69 Å². The smallest absolute Gasteiger partial charge is 0.315 e. The summed E-state index contributed by atoms with van der Waals surface area (Å²) in [6.07, 6.45) is 0. The van der Waals surface area contributed by atoms with Gasteiger partial charge in [0.2, 0.25) is 0 Å². The van der Waals surface area contributed by atoms with Crippen LogP contribution in [0.5, 0.6) is 0 Å². The van der Waals surface area contributed by atoms with E-state index in [-0.39, 0.29) is 17.8 Å². The monoisotopic (exact) mass is 362 g/mol. The highest BCUT2D eigenvalue weighted by molar-refractivity contribution is 6.30. The molecule has 0 radical (unpaired) electrons. The maximum atomic E-state index is 11.9. The lowest BCUT2D eigenvalue weighted by atomic mass is 10.1. The molecule has 0 saturated heterocycles. The summed E-state index contributed by atoms with van der Waals surface area (Å²) in [6.45, 7) is 2.56. The molecular formula is C17H19ClN4O3. The zero-order chi connectivity index (χ0) is 18.2. The lowest BCUT2D eigenvalue weighted by Gasteiger charge is -2.15. The van der Waals surface area contributed by atoms with E-state index in [1.165, 1.54) is 6.07 Å². The van der Waals surface area contributed by atoms with Crippen molar-refractivity contribution in [1.29, 1.82) is 0 Å². The maximum absolute atomic E-state index is 11.9. The minimum Gasteiger partial charge on any atom is -0.378 e. The number of hydrogen-bond donors (Lipinski definition) is 3. The first-order valence-corrected chi connectivity index (χ1v) is 8.12. The summed E-state index contributed by atoms with van der Waals surface area (Å²) in [7, 11) is 0. The van der Waals surface area contributed by atoms with E-state index >= 15 is 0 Å². The van der Waals surface area contributed by atoms with Gasteiger partial charge in [0.15, 0.2) is 0 Å². The van der Waals surface area contributed by atoms with Crippen molar-refractivity contribution in [1.82, 2.24) is 10.6 Å². The molecule has 0 aromatic heterocycles. The summed E-state index contributed by atoms with van der Waals surface area (Å²) in [5.41, 5.74) is 1.37. The number of hydrogen-bond acceptors (Lipinski definition) is 4. The number of carbonyl (C=O) groups excluding carboxylic acids is 1. The number of carbonyl (C=O) groups is 1. The molecule has 0 spiro atoms. The molecule has 0 aliphatic carbocycles. The third kappa shape index (κ3) is 5.65. The average Bonchev–Trinajstić information content (AvgIpc) is 2.59. The predicted molar refractivity (Wildman–Crippen MR) is 98.0 cm³/mol. The van der Waals surface area contributed by atoms with Crippen LogP contribution < -0.4 is 16.0 Å². The number of nitrogens with one attached hydrogen (secondary N) is 3. The Bertz CT molecular complexity index is 737. The van der Waals surface area contributed by atoms with Crippen LogP contribution in [0.15, 0.2) is 48.5 Å². The van der Waals surface area contributed by atoms with E-state index in [1.807, 2.05) is 19.1 Å². The molecule has 2 amide bonds. The molecule has 3 N–H and O–H groups in total. The van der Waals surface area contributed by atoms with Crippen LogP contribution in [-0.4, -0.2) is 24.0 Å². The highest BCUT2D eigenvalue weighted by atomic mass is 35.5. The number of urea groups is 1. The maximum Gasteiger partial charge on any atom is 0.315 e. The molecule has 0 heterocycles. The van der Waals surface area contributed by atoms with Crippen LogP contribution in [-0.2, 0) is 0 Å². The van der Waals surface area contributed by atoms with Gasteiger partial charge in [-0.2, -0.15) is 0 Å². The minimum absolute atomic E-state index is 0.00307. The molecule has 7 nitrogen and oxygen atoms in total. The van der Waals surface area contributed by atoms with Crippen LogP contribution in [0.2, 0.25) is 5.02 Å². The number of nitro benzene ring substituents is 1. The molecule has 132 valence electrons. The zero-order valence-electron chi connectivity index (χ0n) is 13.7. The summed E-state index contributed by atoms with van der Waals surface area (Å²) in [6, 6.07) is 13.1. The molecule has 0 saturated carbocycles. The van der Waals surface area contributed by atoms with Gasteiger partial charge in [-0.15, -0.1) is 0 Å². The molecule has 1 atom stereocenters. The quantitative estimate of drug-likeness (QED) is 0.397. The zero-order valence-corrected chi connectivity index (χ0v) is 14.4. The van der Waals surface area contributed by atoms with Gasteiger partial charge in [0, 0.05) is 24.2 Å². The average molecular weight is 363 g/mol. The Kier molecular flexibility index (Phi) is 6.59. The van der Waals surface area contributed by atoms with Gasteiger partial charge >= 0.3 is 6.03 Å². The Labute approximate surface area is 150 Å². The normalized spacial score (nSPS) is 11.4. The van der Waals surface area contributed by atoms with Crippen LogP contribution in [0.4, 0.5) is 16.2 Å². The first kappa shape index (κ1) is 18.5. The molecule has 0 unspecified atom stereocenters. The van der Waals surface area contributed by atoms with Gasteiger partial charge in [-0.25, -0.2) is 4.79 Å². The Hall–Kier alpha value is -2.80. The summed E-state index contributed by atoms with van der Waals surface area (Å²) in [5, 5.41) is 20.0. The second-order valence-corrected chi connectivity index (χ2v) is 5.81. The Balaban J connectivity index is 1.75. The van der Waals surface area contributed by atoms with E-state index in [9.17, 15) is 14.9 Å². The summed E-state index contributed by atoms with van der Waals surface area (Å²) < 4.78 is 0. The number of anilines is 1. The van der Waals surface area contributed by atoms with E-state index in [2.05, 4.69) is 16.0 Å². The van der Waals surface area contributed by atoms with E-state index in [0.29, 0.717) is 23.8 Å². The first-order valence-electron chi connectivity index (χ1n) is 7.74. The van der Waals surface area contributed by atoms with Crippen LogP contribution >= 0.6 is 11.6 Å². The van der Waals surface area contributed by atoms with Crippen molar-refractivity contribution in [2.75, 3.05) is 18.4 Å². The van der Waals surface area contributed by atoms with Crippen molar-refractivity contribution < 1.29 is 9.72 Å². The fraction of sp³-hybridized carbons (Fsp3) is 0.235. The number of nitro groups is 1. The second kappa shape index (κ2) is 8.89.